The molecule has 1 aromatic carbocycles. The van der Waals surface area contributed by atoms with E-state index in [1.54, 1.807) is 11.3 Å². The Labute approximate surface area is 108 Å². The van der Waals surface area contributed by atoms with Crippen molar-refractivity contribution in [2.75, 3.05) is 0 Å². The van der Waals surface area contributed by atoms with Gasteiger partial charge in [-0.3, -0.25) is 0 Å². The van der Waals surface area contributed by atoms with E-state index in [1.165, 1.54) is 5.56 Å². The molecule has 0 spiro atoms. The van der Waals surface area contributed by atoms with Crippen molar-refractivity contribution in [3.05, 3.63) is 50.9 Å². The first-order valence-electron chi connectivity index (χ1n) is 5.13. The molecule has 0 amide bonds. The largest absolute Gasteiger partial charge is 0.304 e. The molecule has 0 saturated carbocycles. The number of nitrogens with one attached hydrogen (secondary N) is 1. The minimum Gasteiger partial charge on any atom is -0.304 e. The van der Waals surface area contributed by atoms with Crippen LogP contribution >= 0.6 is 27.3 Å². The molecule has 0 saturated heterocycles. The Morgan fingerprint density at radius 1 is 1.44 bits per heavy atom. The first kappa shape index (κ1) is 11.8. The number of halogens is 1. The Morgan fingerprint density at radius 3 is 2.94 bits per heavy atom. The van der Waals surface area contributed by atoms with E-state index in [1.807, 2.05) is 17.6 Å². The quantitative estimate of drug-likeness (QED) is 0.929. The van der Waals surface area contributed by atoms with Crippen LogP contribution in [0.4, 0.5) is 0 Å². The molecule has 2 aromatic rings. The smallest absolute Gasteiger partial charge is 0.106 e. The number of rotatable bonds is 4. The van der Waals surface area contributed by atoms with Crippen LogP contribution < -0.4 is 5.32 Å². The van der Waals surface area contributed by atoms with Gasteiger partial charge in [-0.05, 0) is 18.6 Å². The average molecular weight is 297 g/mol. The number of hydrogen-bond donors (Lipinski definition) is 1. The maximum Gasteiger partial charge on any atom is 0.106 e. The number of aromatic nitrogens is 1. The molecular formula is C12H13BrN2S. The van der Waals surface area contributed by atoms with Gasteiger partial charge in [-0.1, -0.05) is 34.1 Å². The van der Waals surface area contributed by atoms with Crippen LogP contribution in [0.3, 0.4) is 0 Å². The van der Waals surface area contributed by atoms with Crippen molar-refractivity contribution in [2.24, 2.45) is 0 Å². The maximum atomic E-state index is 4.25. The molecular weight excluding hydrogens is 284 g/mol. The fourth-order valence-electron chi connectivity index (χ4n) is 1.52. The lowest BCUT2D eigenvalue weighted by Gasteiger charge is -2.14. The fraction of sp³-hybridized carbons (Fsp3) is 0.250. The molecule has 1 N–H and O–H groups in total. The molecule has 2 rings (SSSR count). The van der Waals surface area contributed by atoms with Crippen LogP contribution in [0.15, 0.2) is 40.3 Å². The SMILES string of the molecule is CC(NCc1nccs1)c1ccccc1Br. The standard InChI is InChI=1S/C12H13BrN2S/c1-9(10-4-2-3-5-11(10)13)15-8-12-14-6-7-16-12/h2-7,9,15H,8H2,1H3. The van der Waals surface area contributed by atoms with Crippen LogP contribution in [0.1, 0.15) is 23.5 Å². The first-order chi connectivity index (χ1) is 7.77. The van der Waals surface area contributed by atoms with E-state index < -0.39 is 0 Å². The Kier molecular flexibility index (Phi) is 4.09. The number of hydrogen-bond acceptors (Lipinski definition) is 3. The van der Waals surface area contributed by atoms with E-state index in [-0.39, 0.29) is 0 Å². The van der Waals surface area contributed by atoms with E-state index in [0.29, 0.717) is 6.04 Å². The molecule has 1 unspecified atom stereocenters. The minimum absolute atomic E-state index is 0.319. The van der Waals surface area contributed by atoms with Crippen molar-refractivity contribution in [3.8, 4) is 0 Å². The van der Waals surface area contributed by atoms with Gasteiger partial charge in [0.05, 0.1) is 0 Å². The van der Waals surface area contributed by atoms with Crippen molar-refractivity contribution in [3.63, 3.8) is 0 Å². The van der Waals surface area contributed by atoms with Crippen molar-refractivity contribution >= 4 is 27.3 Å². The van der Waals surface area contributed by atoms with Crippen molar-refractivity contribution in [1.29, 1.82) is 0 Å². The van der Waals surface area contributed by atoms with Crippen LogP contribution in [-0.4, -0.2) is 4.98 Å². The van der Waals surface area contributed by atoms with Crippen molar-refractivity contribution in [2.45, 2.75) is 19.5 Å². The minimum atomic E-state index is 0.319. The number of thiazole rings is 1. The lowest BCUT2D eigenvalue weighted by molar-refractivity contribution is 0.571. The number of benzene rings is 1. The normalized spacial score (nSPS) is 12.6. The van der Waals surface area contributed by atoms with Gasteiger partial charge in [0.1, 0.15) is 5.01 Å². The highest BCUT2D eigenvalue weighted by Gasteiger charge is 2.08. The zero-order valence-corrected chi connectivity index (χ0v) is 11.4. The van der Waals surface area contributed by atoms with E-state index >= 15 is 0 Å². The monoisotopic (exact) mass is 296 g/mol. The van der Waals surface area contributed by atoms with Crippen LogP contribution in [0.2, 0.25) is 0 Å². The molecule has 1 heterocycles. The fourth-order valence-corrected chi connectivity index (χ4v) is 2.71. The molecule has 4 heteroatoms. The summed E-state index contributed by atoms with van der Waals surface area (Å²) in [6.45, 7) is 2.98. The predicted molar refractivity (Wildman–Crippen MR) is 71.5 cm³/mol. The summed E-state index contributed by atoms with van der Waals surface area (Å²) < 4.78 is 1.15. The molecule has 1 atom stereocenters. The van der Waals surface area contributed by atoms with Crippen LogP contribution in [-0.2, 0) is 6.54 Å². The van der Waals surface area contributed by atoms with Gasteiger partial charge >= 0.3 is 0 Å². The zero-order chi connectivity index (χ0) is 11.4. The van der Waals surface area contributed by atoms with Gasteiger partial charge in [0.25, 0.3) is 0 Å². The van der Waals surface area contributed by atoms with Crippen LogP contribution in [0.25, 0.3) is 0 Å². The average Bonchev–Trinajstić information content (AvgIpc) is 2.79. The highest BCUT2D eigenvalue weighted by Crippen LogP contribution is 2.23. The molecule has 0 aliphatic heterocycles. The zero-order valence-electron chi connectivity index (χ0n) is 8.98. The molecule has 0 aliphatic carbocycles. The second-order valence-corrected chi connectivity index (χ2v) is 5.38. The molecule has 16 heavy (non-hydrogen) atoms. The maximum absolute atomic E-state index is 4.25. The first-order valence-corrected chi connectivity index (χ1v) is 6.81. The van der Waals surface area contributed by atoms with E-state index in [2.05, 4.69) is 51.4 Å². The Bertz CT molecular complexity index is 442. The van der Waals surface area contributed by atoms with Gasteiger partial charge in [-0.25, -0.2) is 4.98 Å². The lowest BCUT2D eigenvalue weighted by Crippen LogP contribution is -2.18. The lowest BCUT2D eigenvalue weighted by atomic mass is 10.1. The Balaban J connectivity index is 1.98. The van der Waals surface area contributed by atoms with Crippen molar-refractivity contribution in [1.82, 2.24) is 10.3 Å². The third-order valence-corrected chi connectivity index (χ3v) is 3.92. The Morgan fingerprint density at radius 2 is 2.25 bits per heavy atom. The Hall–Kier alpha value is -0.710. The highest BCUT2D eigenvalue weighted by molar-refractivity contribution is 9.10. The third-order valence-electron chi connectivity index (χ3n) is 2.41. The van der Waals surface area contributed by atoms with Gasteiger partial charge in [-0.2, -0.15) is 0 Å². The second kappa shape index (κ2) is 5.57. The van der Waals surface area contributed by atoms with Crippen LogP contribution in [0.5, 0.6) is 0 Å². The topological polar surface area (TPSA) is 24.9 Å². The highest BCUT2D eigenvalue weighted by atomic mass is 79.9. The molecule has 0 radical (unpaired) electrons. The van der Waals surface area contributed by atoms with E-state index in [4.69, 9.17) is 0 Å². The van der Waals surface area contributed by atoms with Gasteiger partial charge in [0.15, 0.2) is 0 Å². The van der Waals surface area contributed by atoms with Gasteiger partial charge in [-0.15, -0.1) is 11.3 Å². The summed E-state index contributed by atoms with van der Waals surface area (Å²) in [5.41, 5.74) is 1.28. The third kappa shape index (κ3) is 2.90. The molecule has 0 bridgehead atoms. The summed E-state index contributed by atoms with van der Waals surface area (Å²) in [5.74, 6) is 0. The van der Waals surface area contributed by atoms with Gasteiger partial charge in [0, 0.05) is 28.6 Å². The number of nitrogens with zero attached hydrogens (tertiary/aromatic N) is 1. The van der Waals surface area contributed by atoms with Crippen molar-refractivity contribution < 1.29 is 0 Å². The molecule has 0 fully saturated rings. The molecule has 2 nitrogen and oxygen atoms in total. The summed E-state index contributed by atoms with van der Waals surface area (Å²) in [6.07, 6.45) is 1.84. The summed E-state index contributed by atoms with van der Waals surface area (Å²) in [7, 11) is 0. The predicted octanol–water partition coefficient (Wildman–Crippen LogP) is 3.76. The summed E-state index contributed by atoms with van der Waals surface area (Å²) in [4.78, 5) is 4.25. The molecule has 1 aromatic heterocycles. The molecule has 0 aliphatic rings. The van der Waals surface area contributed by atoms with Gasteiger partial charge < -0.3 is 5.32 Å². The summed E-state index contributed by atoms with van der Waals surface area (Å²) >= 11 is 5.24. The van der Waals surface area contributed by atoms with Gasteiger partial charge in [0.2, 0.25) is 0 Å². The second-order valence-electron chi connectivity index (χ2n) is 3.55. The summed E-state index contributed by atoms with van der Waals surface area (Å²) in [6, 6.07) is 8.60. The van der Waals surface area contributed by atoms with E-state index in [9.17, 15) is 0 Å². The summed E-state index contributed by atoms with van der Waals surface area (Å²) in [5, 5.41) is 6.58. The molecule has 84 valence electrons. The van der Waals surface area contributed by atoms with E-state index in [0.717, 1.165) is 16.0 Å². The van der Waals surface area contributed by atoms with Crippen LogP contribution in [0, 0.1) is 0 Å².